The number of nitrogens with zero attached hydrogens (tertiary/aromatic N) is 1. The topological polar surface area (TPSA) is 80.5 Å². The van der Waals surface area contributed by atoms with Crippen LogP contribution in [0, 0.1) is 6.92 Å². The van der Waals surface area contributed by atoms with E-state index in [9.17, 15) is 13.2 Å². The van der Waals surface area contributed by atoms with Crippen molar-refractivity contribution in [1.82, 2.24) is 4.31 Å². The minimum Gasteiger partial charge on any atom is -0.369 e. The van der Waals surface area contributed by atoms with E-state index in [2.05, 4.69) is 0 Å². The zero-order valence-corrected chi connectivity index (χ0v) is 14.1. The molecule has 1 amide bonds. The second kappa shape index (κ2) is 7.12. The van der Waals surface area contributed by atoms with Crippen LogP contribution < -0.4 is 5.73 Å². The summed E-state index contributed by atoms with van der Waals surface area (Å²) in [6.07, 6.45) is 0. The van der Waals surface area contributed by atoms with Crippen LogP contribution in [0.3, 0.4) is 0 Å². The van der Waals surface area contributed by atoms with Crippen LogP contribution in [0.1, 0.15) is 11.1 Å². The summed E-state index contributed by atoms with van der Waals surface area (Å²) in [6.45, 7) is 1.59. The molecule has 23 heavy (non-hydrogen) atoms. The number of hydrogen-bond donors (Lipinski definition) is 1. The average molecular weight is 353 g/mol. The van der Waals surface area contributed by atoms with E-state index in [1.807, 2.05) is 25.1 Å². The van der Waals surface area contributed by atoms with Crippen LogP contribution in [0.4, 0.5) is 0 Å². The van der Waals surface area contributed by atoms with Crippen LogP contribution in [-0.4, -0.2) is 25.2 Å². The zero-order chi connectivity index (χ0) is 17.0. The van der Waals surface area contributed by atoms with E-state index in [0.717, 1.165) is 15.4 Å². The third-order valence-corrected chi connectivity index (χ3v) is 5.28. The normalized spacial score (nSPS) is 11.6. The van der Waals surface area contributed by atoms with Gasteiger partial charge in [-0.05, 0) is 36.8 Å². The van der Waals surface area contributed by atoms with Crippen LogP contribution in [-0.2, 0) is 21.4 Å². The molecule has 122 valence electrons. The van der Waals surface area contributed by atoms with Gasteiger partial charge < -0.3 is 5.73 Å². The highest BCUT2D eigenvalue weighted by molar-refractivity contribution is 7.89. The summed E-state index contributed by atoms with van der Waals surface area (Å²) >= 11 is 5.79. The molecule has 0 saturated carbocycles. The van der Waals surface area contributed by atoms with Crippen molar-refractivity contribution in [2.45, 2.75) is 18.4 Å². The van der Waals surface area contributed by atoms with Crippen molar-refractivity contribution >= 4 is 27.5 Å². The van der Waals surface area contributed by atoms with Gasteiger partial charge in [0.2, 0.25) is 15.9 Å². The summed E-state index contributed by atoms with van der Waals surface area (Å²) < 4.78 is 26.5. The van der Waals surface area contributed by atoms with Gasteiger partial charge in [-0.3, -0.25) is 4.79 Å². The van der Waals surface area contributed by atoms with Gasteiger partial charge >= 0.3 is 0 Å². The molecule has 0 aliphatic rings. The van der Waals surface area contributed by atoms with Crippen molar-refractivity contribution in [1.29, 1.82) is 0 Å². The molecule has 0 spiro atoms. The number of halogens is 1. The Balaban J connectivity index is 2.37. The van der Waals surface area contributed by atoms with E-state index in [1.165, 1.54) is 24.3 Å². The molecule has 0 bridgehead atoms. The Morgan fingerprint density at radius 3 is 2.39 bits per heavy atom. The first kappa shape index (κ1) is 17.5. The molecule has 2 aromatic rings. The van der Waals surface area contributed by atoms with Crippen LogP contribution >= 0.6 is 11.6 Å². The predicted octanol–water partition coefficient (Wildman–Crippen LogP) is 2.32. The van der Waals surface area contributed by atoms with E-state index in [-0.39, 0.29) is 18.0 Å². The Kier molecular flexibility index (Phi) is 5.41. The molecule has 0 heterocycles. The molecule has 2 rings (SSSR count). The Morgan fingerprint density at radius 2 is 1.83 bits per heavy atom. The van der Waals surface area contributed by atoms with Crippen molar-refractivity contribution in [3.63, 3.8) is 0 Å². The first-order valence-corrected chi connectivity index (χ1v) is 8.70. The lowest BCUT2D eigenvalue weighted by Gasteiger charge is -2.21. The van der Waals surface area contributed by atoms with Gasteiger partial charge in [-0.2, -0.15) is 4.31 Å². The number of primary amides is 1. The molecular weight excluding hydrogens is 336 g/mol. The molecular formula is C16H17ClN2O3S. The maximum absolute atomic E-state index is 12.7. The van der Waals surface area contributed by atoms with Crippen molar-refractivity contribution in [2.24, 2.45) is 5.73 Å². The number of hydrogen-bond acceptors (Lipinski definition) is 3. The number of benzene rings is 2. The molecule has 0 aliphatic heterocycles. The Morgan fingerprint density at radius 1 is 1.17 bits per heavy atom. The van der Waals surface area contributed by atoms with Gasteiger partial charge in [0.05, 0.1) is 11.4 Å². The molecule has 5 nitrogen and oxygen atoms in total. The van der Waals surface area contributed by atoms with Gasteiger partial charge in [0.25, 0.3) is 0 Å². The molecule has 0 aliphatic carbocycles. The summed E-state index contributed by atoms with van der Waals surface area (Å²) in [4.78, 5) is 11.4. The van der Waals surface area contributed by atoms with E-state index in [4.69, 9.17) is 17.3 Å². The largest absolute Gasteiger partial charge is 0.369 e. The molecule has 0 atom stereocenters. The second-order valence-electron chi connectivity index (χ2n) is 5.18. The highest BCUT2D eigenvalue weighted by Crippen LogP contribution is 2.20. The van der Waals surface area contributed by atoms with Crippen LogP contribution in [0.2, 0.25) is 5.02 Å². The fourth-order valence-electron chi connectivity index (χ4n) is 2.17. The van der Waals surface area contributed by atoms with Gasteiger partial charge in [-0.15, -0.1) is 0 Å². The van der Waals surface area contributed by atoms with Gasteiger partial charge in [0.1, 0.15) is 0 Å². The fraction of sp³-hybridized carbons (Fsp3) is 0.188. The second-order valence-corrected chi connectivity index (χ2v) is 7.56. The smallest absolute Gasteiger partial charge is 0.243 e. The first-order valence-electron chi connectivity index (χ1n) is 6.88. The number of amides is 1. The molecule has 0 unspecified atom stereocenters. The minimum atomic E-state index is -3.85. The lowest BCUT2D eigenvalue weighted by Crippen LogP contribution is -2.38. The predicted molar refractivity (Wildman–Crippen MR) is 89.4 cm³/mol. The fourth-order valence-corrected chi connectivity index (χ4v) is 3.69. The number of carbonyl (C=O) groups is 1. The van der Waals surface area contributed by atoms with Gasteiger partial charge in [0.15, 0.2) is 0 Å². The lowest BCUT2D eigenvalue weighted by atomic mass is 10.1. The zero-order valence-electron chi connectivity index (χ0n) is 12.6. The summed E-state index contributed by atoms with van der Waals surface area (Å²) in [5.41, 5.74) is 7.00. The third-order valence-electron chi connectivity index (χ3n) is 3.23. The van der Waals surface area contributed by atoms with E-state index in [0.29, 0.717) is 5.02 Å². The number of nitrogens with two attached hydrogens (primary N) is 1. The molecule has 2 N–H and O–H groups in total. The minimum absolute atomic E-state index is 0.0651. The molecule has 0 aromatic heterocycles. The molecule has 7 heteroatoms. The van der Waals surface area contributed by atoms with Gasteiger partial charge in [-0.1, -0.05) is 41.4 Å². The molecule has 0 saturated heterocycles. The first-order chi connectivity index (χ1) is 10.8. The summed E-state index contributed by atoms with van der Waals surface area (Å²) in [5, 5.41) is 0.434. The Hall–Kier alpha value is -1.89. The van der Waals surface area contributed by atoms with Crippen LogP contribution in [0.15, 0.2) is 53.4 Å². The third kappa shape index (κ3) is 4.54. The number of carbonyl (C=O) groups excluding carboxylic acids is 1. The van der Waals surface area contributed by atoms with Crippen LogP contribution in [0.25, 0.3) is 0 Å². The average Bonchev–Trinajstić information content (AvgIpc) is 2.46. The monoisotopic (exact) mass is 352 g/mol. The highest BCUT2D eigenvalue weighted by atomic mass is 35.5. The summed E-state index contributed by atoms with van der Waals surface area (Å²) in [6, 6.07) is 13.2. The van der Waals surface area contributed by atoms with Crippen molar-refractivity contribution in [2.75, 3.05) is 6.54 Å². The number of rotatable bonds is 6. The number of aryl methyl sites for hydroxylation is 1. The van der Waals surface area contributed by atoms with E-state index < -0.39 is 15.9 Å². The van der Waals surface area contributed by atoms with E-state index in [1.54, 1.807) is 6.07 Å². The maximum atomic E-state index is 12.7. The van der Waals surface area contributed by atoms with Gasteiger partial charge in [0, 0.05) is 11.6 Å². The Bertz CT molecular complexity index is 804. The van der Waals surface area contributed by atoms with Crippen LogP contribution in [0.5, 0.6) is 0 Å². The Labute approximate surface area is 140 Å². The summed E-state index contributed by atoms with van der Waals surface area (Å²) in [7, 11) is -3.85. The maximum Gasteiger partial charge on any atom is 0.243 e. The highest BCUT2D eigenvalue weighted by Gasteiger charge is 2.26. The quantitative estimate of drug-likeness (QED) is 0.866. The number of sulfonamides is 1. The summed E-state index contributed by atoms with van der Waals surface area (Å²) in [5.74, 6) is -0.713. The van der Waals surface area contributed by atoms with Crippen molar-refractivity contribution in [3.8, 4) is 0 Å². The SMILES string of the molecule is Cc1cccc(CN(CC(N)=O)S(=O)(=O)c2ccc(Cl)cc2)c1. The van der Waals surface area contributed by atoms with Gasteiger partial charge in [-0.25, -0.2) is 8.42 Å². The molecule has 0 fully saturated rings. The van der Waals surface area contributed by atoms with Crippen molar-refractivity contribution < 1.29 is 13.2 Å². The molecule has 0 radical (unpaired) electrons. The van der Waals surface area contributed by atoms with Crippen molar-refractivity contribution in [3.05, 3.63) is 64.7 Å². The van der Waals surface area contributed by atoms with E-state index >= 15 is 0 Å². The standard InChI is InChI=1S/C16H17ClN2O3S/c1-12-3-2-4-13(9-12)10-19(11-16(18)20)23(21,22)15-7-5-14(17)6-8-15/h2-9H,10-11H2,1H3,(H2,18,20). The molecule has 2 aromatic carbocycles. The lowest BCUT2D eigenvalue weighted by molar-refractivity contribution is -0.118.